The molecule has 2 rings (SSSR count). The molecule has 0 N–H and O–H groups in total. The molecule has 2 aliphatic heterocycles. The lowest BCUT2D eigenvalue weighted by atomic mass is 10.1. The predicted octanol–water partition coefficient (Wildman–Crippen LogP) is 1.11. The number of rotatable bonds is 3. The summed E-state index contributed by atoms with van der Waals surface area (Å²) in [7, 11) is 2.20. The predicted molar refractivity (Wildman–Crippen MR) is 66.9 cm³/mol. The molecule has 0 saturated carbocycles. The molecule has 0 radical (unpaired) electrons. The summed E-state index contributed by atoms with van der Waals surface area (Å²) in [6.07, 6.45) is 3.77. The Hall–Kier alpha value is -0.610. The van der Waals surface area contributed by atoms with Crippen LogP contribution in [0.4, 0.5) is 0 Å². The Labute approximate surface area is 104 Å². The maximum absolute atomic E-state index is 12.0. The van der Waals surface area contributed by atoms with Crippen LogP contribution in [0.3, 0.4) is 0 Å². The van der Waals surface area contributed by atoms with Gasteiger partial charge in [-0.3, -0.25) is 9.69 Å². The van der Waals surface area contributed by atoms with Crippen LogP contribution >= 0.6 is 0 Å². The highest BCUT2D eigenvalue weighted by Crippen LogP contribution is 2.28. The fourth-order valence-corrected chi connectivity index (χ4v) is 2.86. The summed E-state index contributed by atoms with van der Waals surface area (Å²) in [5.74, 6) is 0.152. The third-order valence-electron chi connectivity index (χ3n) is 4.04. The van der Waals surface area contributed by atoms with Gasteiger partial charge < -0.3 is 9.64 Å². The lowest BCUT2D eigenvalue weighted by Crippen LogP contribution is -2.41. The lowest BCUT2D eigenvalue weighted by Gasteiger charge is -2.26. The highest BCUT2D eigenvalue weighted by atomic mass is 16.5. The van der Waals surface area contributed by atoms with E-state index in [9.17, 15) is 4.79 Å². The standard InChI is InChI=1S/C13H24N2O2/c1-10(2)17-9-13(16)15-7-6-11-4-5-12(8-15)14(11)3/h10-12H,4-9H2,1-3H3. The quantitative estimate of drug-likeness (QED) is 0.741. The van der Waals surface area contributed by atoms with Crippen LogP contribution in [0.15, 0.2) is 0 Å². The van der Waals surface area contributed by atoms with E-state index in [4.69, 9.17) is 4.74 Å². The van der Waals surface area contributed by atoms with Crippen LogP contribution in [0.2, 0.25) is 0 Å². The zero-order valence-corrected chi connectivity index (χ0v) is 11.2. The summed E-state index contributed by atoms with van der Waals surface area (Å²) in [4.78, 5) is 16.5. The largest absolute Gasteiger partial charge is 0.369 e. The minimum atomic E-state index is 0.130. The maximum Gasteiger partial charge on any atom is 0.248 e. The van der Waals surface area contributed by atoms with Crippen LogP contribution in [0.5, 0.6) is 0 Å². The van der Waals surface area contributed by atoms with Crippen molar-refractivity contribution in [2.75, 3.05) is 26.7 Å². The van der Waals surface area contributed by atoms with E-state index in [1.54, 1.807) is 0 Å². The molecule has 2 saturated heterocycles. The Bertz CT molecular complexity index is 281. The summed E-state index contributed by atoms with van der Waals surface area (Å²) in [5, 5.41) is 0. The van der Waals surface area contributed by atoms with Gasteiger partial charge in [-0.25, -0.2) is 0 Å². The normalized spacial score (nSPS) is 29.8. The number of nitrogens with zero attached hydrogens (tertiary/aromatic N) is 2. The lowest BCUT2D eigenvalue weighted by molar-refractivity contribution is -0.137. The van der Waals surface area contributed by atoms with Gasteiger partial charge in [-0.15, -0.1) is 0 Å². The van der Waals surface area contributed by atoms with Crippen LogP contribution in [0, 0.1) is 0 Å². The summed E-state index contributed by atoms with van der Waals surface area (Å²) in [5.41, 5.74) is 0. The summed E-state index contributed by atoms with van der Waals surface area (Å²) in [6.45, 7) is 5.94. The van der Waals surface area contributed by atoms with Gasteiger partial charge in [0, 0.05) is 25.2 Å². The molecule has 1 amide bonds. The smallest absolute Gasteiger partial charge is 0.248 e. The average Bonchev–Trinajstić information content (AvgIpc) is 2.50. The summed E-state index contributed by atoms with van der Waals surface area (Å²) < 4.78 is 5.40. The average molecular weight is 240 g/mol. The van der Waals surface area contributed by atoms with Crippen LogP contribution < -0.4 is 0 Å². The Kier molecular flexibility index (Phi) is 4.05. The molecule has 2 atom stereocenters. The van der Waals surface area contributed by atoms with Crippen molar-refractivity contribution in [3.8, 4) is 0 Å². The molecule has 0 aliphatic carbocycles. The van der Waals surface area contributed by atoms with E-state index in [1.165, 1.54) is 12.8 Å². The number of likely N-dealkylation sites (N-methyl/N-ethyl adjacent to an activating group) is 1. The second-order valence-electron chi connectivity index (χ2n) is 5.54. The Morgan fingerprint density at radius 1 is 1.29 bits per heavy atom. The van der Waals surface area contributed by atoms with E-state index < -0.39 is 0 Å². The van der Waals surface area contributed by atoms with Crippen LogP contribution in [0.1, 0.15) is 33.1 Å². The van der Waals surface area contributed by atoms with E-state index in [-0.39, 0.29) is 18.6 Å². The summed E-state index contributed by atoms with van der Waals surface area (Å²) in [6, 6.07) is 1.24. The molecule has 0 aromatic rings. The maximum atomic E-state index is 12.0. The molecule has 98 valence electrons. The molecule has 0 spiro atoms. The number of carbonyl (C=O) groups excluding carboxylic acids is 1. The highest BCUT2D eigenvalue weighted by molar-refractivity contribution is 5.77. The molecule has 17 heavy (non-hydrogen) atoms. The molecular formula is C13H24N2O2. The van der Waals surface area contributed by atoms with Crippen molar-refractivity contribution in [2.24, 2.45) is 0 Å². The van der Waals surface area contributed by atoms with Crippen molar-refractivity contribution in [3.05, 3.63) is 0 Å². The van der Waals surface area contributed by atoms with Crippen LogP contribution in [0.25, 0.3) is 0 Å². The fraction of sp³-hybridized carbons (Fsp3) is 0.923. The van der Waals surface area contributed by atoms with Gasteiger partial charge in [0.1, 0.15) is 6.61 Å². The highest BCUT2D eigenvalue weighted by Gasteiger charge is 2.35. The Morgan fingerprint density at radius 3 is 2.71 bits per heavy atom. The molecule has 4 heteroatoms. The van der Waals surface area contributed by atoms with E-state index in [2.05, 4.69) is 11.9 Å². The molecule has 2 unspecified atom stereocenters. The van der Waals surface area contributed by atoms with E-state index in [0.717, 1.165) is 19.5 Å². The van der Waals surface area contributed by atoms with E-state index >= 15 is 0 Å². The Balaban J connectivity index is 1.88. The number of amides is 1. The van der Waals surface area contributed by atoms with Crippen LogP contribution in [-0.2, 0) is 9.53 Å². The van der Waals surface area contributed by atoms with Gasteiger partial charge in [0.05, 0.1) is 6.10 Å². The SMILES string of the molecule is CC(C)OCC(=O)N1CCC2CCC(C1)N2C. The first kappa shape index (κ1) is 12.8. The number of likely N-dealkylation sites (tertiary alicyclic amines) is 1. The second kappa shape index (κ2) is 5.36. The van der Waals surface area contributed by atoms with Crippen molar-refractivity contribution >= 4 is 5.91 Å². The second-order valence-corrected chi connectivity index (χ2v) is 5.54. The van der Waals surface area contributed by atoms with Gasteiger partial charge in [0.25, 0.3) is 0 Å². The third kappa shape index (κ3) is 2.99. The van der Waals surface area contributed by atoms with Gasteiger partial charge in [0.15, 0.2) is 0 Å². The minimum absolute atomic E-state index is 0.130. The van der Waals surface area contributed by atoms with Gasteiger partial charge in [0.2, 0.25) is 5.91 Å². The minimum Gasteiger partial charge on any atom is -0.369 e. The van der Waals surface area contributed by atoms with E-state index in [0.29, 0.717) is 12.1 Å². The molecule has 2 aliphatic rings. The van der Waals surface area contributed by atoms with E-state index in [1.807, 2.05) is 18.7 Å². The van der Waals surface area contributed by atoms with Crippen molar-refractivity contribution in [3.63, 3.8) is 0 Å². The van der Waals surface area contributed by atoms with Gasteiger partial charge in [-0.1, -0.05) is 0 Å². The molecule has 2 heterocycles. The first-order valence-electron chi connectivity index (χ1n) is 6.69. The molecule has 4 nitrogen and oxygen atoms in total. The topological polar surface area (TPSA) is 32.8 Å². The number of carbonyl (C=O) groups is 1. The third-order valence-corrected chi connectivity index (χ3v) is 4.04. The summed E-state index contributed by atoms with van der Waals surface area (Å²) >= 11 is 0. The Morgan fingerprint density at radius 2 is 2.00 bits per heavy atom. The number of hydrogen-bond acceptors (Lipinski definition) is 3. The van der Waals surface area contributed by atoms with Crippen molar-refractivity contribution < 1.29 is 9.53 Å². The van der Waals surface area contributed by atoms with Crippen molar-refractivity contribution in [1.82, 2.24) is 9.80 Å². The van der Waals surface area contributed by atoms with Gasteiger partial charge >= 0.3 is 0 Å². The fourth-order valence-electron chi connectivity index (χ4n) is 2.86. The number of fused-ring (bicyclic) bond motifs is 2. The molecule has 2 fully saturated rings. The van der Waals surface area contributed by atoms with Gasteiger partial charge in [-0.05, 0) is 40.2 Å². The van der Waals surface area contributed by atoms with Gasteiger partial charge in [-0.2, -0.15) is 0 Å². The van der Waals surface area contributed by atoms with Crippen molar-refractivity contribution in [2.45, 2.75) is 51.3 Å². The molecular weight excluding hydrogens is 216 g/mol. The number of hydrogen-bond donors (Lipinski definition) is 0. The first-order chi connectivity index (χ1) is 8.08. The zero-order chi connectivity index (χ0) is 12.4. The first-order valence-corrected chi connectivity index (χ1v) is 6.69. The van der Waals surface area contributed by atoms with Crippen molar-refractivity contribution in [1.29, 1.82) is 0 Å². The molecule has 0 aromatic carbocycles. The monoisotopic (exact) mass is 240 g/mol. The number of ether oxygens (including phenoxy) is 1. The molecule has 0 aromatic heterocycles. The zero-order valence-electron chi connectivity index (χ0n) is 11.2. The van der Waals surface area contributed by atoms with Crippen LogP contribution in [-0.4, -0.2) is 60.6 Å². The molecule has 2 bridgehead atoms.